The fourth-order valence-electron chi connectivity index (χ4n) is 2.92. The summed E-state index contributed by atoms with van der Waals surface area (Å²) in [7, 11) is -1.42. The molecule has 1 amide bonds. The molecule has 0 spiro atoms. The Kier molecular flexibility index (Phi) is 5.20. The Morgan fingerprint density at radius 2 is 2.08 bits per heavy atom. The maximum absolute atomic E-state index is 12.5. The lowest BCUT2D eigenvalue weighted by atomic mass is 10.2. The molecule has 1 fully saturated rings. The standard InChI is InChI=1S/C18H20ClN3O3S/c1-12-15(19)4-3-5-16(12)21-13-6-7-17(20-10-13)18(23)22(2)14-8-9-26(24,25)11-14/h3-7,10,14,21H,8-9,11H2,1-2H3. The van der Waals surface area contributed by atoms with Crippen molar-refractivity contribution in [1.82, 2.24) is 9.88 Å². The molecule has 2 heterocycles. The Balaban J connectivity index is 1.71. The smallest absolute Gasteiger partial charge is 0.272 e. The first-order valence-corrected chi connectivity index (χ1v) is 10.4. The molecule has 1 unspecified atom stereocenters. The maximum Gasteiger partial charge on any atom is 0.272 e. The number of aromatic nitrogens is 1. The highest BCUT2D eigenvalue weighted by atomic mass is 35.5. The Hall–Kier alpha value is -2.12. The number of halogens is 1. The van der Waals surface area contributed by atoms with Crippen LogP contribution in [0.5, 0.6) is 0 Å². The van der Waals surface area contributed by atoms with Crippen LogP contribution in [0.4, 0.5) is 11.4 Å². The first-order valence-electron chi connectivity index (χ1n) is 8.22. The van der Waals surface area contributed by atoms with E-state index in [1.807, 2.05) is 25.1 Å². The fourth-order valence-corrected chi connectivity index (χ4v) is 4.87. The number of hydrogen-bond donors (Lipinski definition) is 1. The van der Waals surface area contributed by atoms with Crippen molar-refractivity contribution in [1.29, 1.82) is 0 Å². The van der Waals surface area contributed by atoms with E-state index in [1.54, 1.807) is 25.4 Å². The van der Waals surface area contributed by atoms with Crippen LogP contribution in [0.2, 0.25) is 5.02 Å². The lowest BCUT2D eigenvalue weighted by Gasteiger charge is -2.23. The lowest BCUT2D eigenvalue weighted by molar-refractivity contribution is 0.0742. The van der Waals surface area contributed by atoms with Gasteiger partial charge in [-0.3, -0.25) is 4.79 Å². The van der Waals surface area contributed by atoms with Gasteiger partial charge in [0.05, 0.1) is 23.4 Å². The van der Waals surface area contributed by atoms with Crippen LogP contribution in [0.25, 0.3) is 0 Å². The quantitative estimate of drug-likeness (QED) is 0.863. The van der Waals surface area contributed by atoms with Gasteiger partial charge < -0.3 is 10.2 Å². The number of pyridine rings is 1. The van der Waals surface area contributed by atoms with Crippen molar-refractivity contribution >= 4 is 38.7 Å². The number of carbonyl (C=O) groups is 1. The van der Waals surface area contributed by atoms with E-state index in [2.05, 4.69) is 10.3 Å². The number of hydrogen-bond acceptors (Lipinski definition) is 5. The second-order valence-corrected chi connectivity index (χ2v) is 9.08. The molecule has 0 saturated carbocycles. The molecule has 1 aliphatic heterocycles. The molecule has 1 aromatic heterocycles. The highest BCUT2D eigenvalue weighted by Gasteiger charge is 2.33. The molecule has 1 N–H and O–H groups in total. The van der Waals surface area contributed by atoms with E-state index in [-0.39, 0.29) is 29.1 Å². The second-order valence-electron chi connectivity index (χ2n) is 6.44. The van der Waals surface area contributed by atoms with Crippen molar-refractivity contribution in [2.45, 2.75) is 19.4 Å². The topological polar surface area (TPSA) is 79.4 Å². The number of nitrogens with one attached hydrogen (secondary N) is 1. The van der Waals surface area contributed by atoms with E-state index in [4.69, 9.17) is 11.6 Å². The summed E-state index contributed by atoms with van der Waals surface area (Å²) in [5, 5.41) is 3.89. The summed E-state index contributed by atoms with van der Waals surface area (Å²) >= 11 is 6.12. The van der Waals surface area contributed by atoms with Crippen molar-refractivity contribution in [3.63, 3.8) is 0 Å². The largest absolute Gasteiger partial charge is 0.354 e. The van der Waals surface area contributed by atoms with Gasteiger partial charge in [-0.25, -0.2) is 13.4 Å². The molecule has 0 aliphatic carbocycles. The molecule has 1 atom stereocenters. The molecular weight excluding hydrogens is 374 g/mol. The first-order chi connectivity index (χ1) is 12.3. The van der Waals surface area contributed by atoms with Crippen LogP contribution in [0.3, 0.4) is 0 Å². The molecular formula is C18H20ClN3O3S. The minimum Gasteiger partial charge on any atom is -0.354 e. The molecule has 2 aromatic rings. The summed E-state index contributed by atoms with van der Waals surface area (Å²) in [4.78, 5) is 18.2. The predicted molar refractivity (Wildman–Crippen MR) is 103 cm³/mol. The molecule has 1 saturated heterocycles. The van der Waals surface area contributed by atoms with Crippen LogP contribution in [0, 0.1) is 6.92 Å². The summed E-state index contributed by atoms with van der Waals surface area (Å²) < 4.78 is 23.2. The third-order valence-corrected chi connectivity index (χ3v) is 6.77. The summed E-state index contributed by atoms with van der Waals surface area (Å²) in [6.07, 6.45) is 2.05. The third-order valence-electron chi connectivity index (χ3n) is 4.61. The van der Waals surface area contributed by atoms with Gasteiger partial charge in [0.2, 0.25) is 0 Å². The molecule has 8 heteroatoms. The maximum atomic E-state index is 12.5. The van der Waals surface area contributed by atoms with Crippen molar-refractivity contribution in [3.8, 4) is 0 Å². The van der Waals surface area contributed by atoms with E-state index in [0.717, 1.165) is 16.9 Å². The van der Waals surface area contributed by atoms with E-state index in [9.17, 15) is 13.2 Å². The van der Waals surface area contributed by atoms with Gasteiger partial charge in [-0.1, -0.05) is 17.7 Å². The monoisotopic (exact) mass is 393 g/mol. The number of anilines is 2. The fraction of sp³-hybridized carbons (Fsp3) is 0.333. The molecule has 0 radical (unpaired) electrons. The van der Waals surface area contributed by atoms with Gasteiger partial charge in [0.1, 0.15) is 5.69 Å². The van der Waals surface area contributed by atoms with E-state index < -0.39 is 9.84 Å². The number of nitrogens with zero attached hydrogens (tertiary/aromatic N) is 2. The predicted octanol–water partition coefficient (Wildman–Crippen LogP) is 3.05. The molecule has 1 aliphatic rings. The highest BCUT2D eigenvalue weighted by molar-refractivity contribution is 7.91. The van der Waals surface area contributed by atoms with Gasteiger partial charge in [-0.15, -0.1) is 0 Å². The molecule has 138 valence electrons. The molecule has 6 nitrogen and oxygen atoms in total. The van der Waals surface area contributed by atoms with E-state index in [0.29, 0.717) is 11.4 Å². The van der Waals surface area contributed by atoms with Crippen molar-refractivity contribution < 1.29 is 13.2 Å². The van der Waals surface area contributed by atoms with Crippen molar-refractivity contribution in [2.24, 2.45) is 0 Å². The van der Waals surface area contributed by atoms with Gasteiger partial charge in [-0.2, -0.15) is 0 Å². The zero-order valence-electron chi connectivity index (χ0n) is 14.6. The zero-order chi connectivity index (χ0) is 18.9. The SMILES string of the molecule is Cc1c(Cl)cccc1Nc1ccc(C(=O)N(C)C2CCS(=O)(=O)C2)nc1. The van der Waals surface area contributed by atoms with Crippen LogP contribution < -0.4 is 5.32 Å². The summed E-state index contributed by atoms with van der Waals surface area (Å²) in [6.45, 7) is 1.92. The minimum atomic E-state index is -3.04. The number of carbonyl (C=O) groups excluding carboxylic acids is 1. The number of amides is 1. The Bertz CT molecular complexity index is 929. The number of benzene rings is 1. The Morgan fingerprint density at radius 1 is 1.31 bits per heavy atom. The normalized spacial score (nSPS) is 18.5. The van der Waals surface area contributed by atoms with Crippen LogP contribution >= 0.6 is 11.6 Å². The zero-order valence-corrected chi connectivity index (χ0v) is 16.1. The number of sulfone groups is 1. The van der Waals surface area contributed by atoms with Gasteiger partial charge in [0.25, 0.3) is 5.91 Å². The third kappa shape index (κ3) is 3.99. The summed E-state index contributed by atoms with van der Waals surface area (Å²) in [5.74, 6) is -0.134. The van der Waals surface area contributed by atoms with Crippen LogP contribution in [-0.4, -0.2) is 48.8 Å². The molecule has 26 heavy (non-hydrogen) atoms. The molecule has 1 aromatic carbocycles. The van der Waals surface area contributed by atoms with Crippen molar-refractivity contribution in [2.75, 3.05) is 23.9 Å². The van der Waals surface area contributed by atoms with Crippen LogP contribution in [-0.2, 0) is 9.84 Å². The Labute approximate surface area is 158 Å². The average Bonchev–Trinajstić information content (AvgIpc) is 2.98. The van der Waals surface area contributed by atoms with E-state index >= 15 is 0 Å². The Morgan fingerprint density at radius 3 is 2.69 bits per heavy atom. The lowest BCUT2D eigenvalue weighted by Crippen LogP contribution is -2.38. The van der Waals surface area contributed by atoms with Gasteiger partial charge in [0, 0.05) is 23.8 Å². The molecule has 0 bridgehead atoms. The van der Waals surface area contributed by atoms with Crippen LogP contribution in [0.15, 0.2) is 36.5 Å². The van der Waals surface area contributed by atoms with Gasteiger partial charge >= 0.3 is 0 Å². The minimum absolute atomic E-state index is 0.0168. The van der Waals surface area contributed by atoms with Gasteiger partial charge in [-0.05, 0) is 43.2 Å². The summed E-state index contributed by atoms with van der Waals surface area (Å²) in [5.41, 5.74) is 2.81. The molecule has 3 rings (SSSR count). The second kappa shape index (κ2) is 7.25. The van der Waals surface area contributed by atoms with Crippen LogP contribution in [0.1, 0.15) is 22.5 Å². The first kappa shape index (κ1) is 18.7. The van der Waals surface area contributed by atoms with Gasteiger partial charge in [0.15, 0.2) is 9.84 Å². The highest BCUT2D eigenvalue weighted by Crippen LogP contribution is 2.26. The van der Waals surface area contributed by atoms with Crippen molar-refractivity contribution in [3.05, 3.63) is 52.8 Å². The summed E-state index contributed by atoms with van der Waals surface area (Å²) in [6, 6.07) is 8.69. The average molecular weight is 394 g/mol. The number of rotatable bonds is 4. The van der Waals surface area contributed by atoms with E-state index in [1.165, 1.54) is 4.90 Å².